The first-order valence-electron chi connectivity index (χ1n) is 6.50. The van der Waals surface area contributed by atoms with E-state index in [2.05, 4.69) is 30.6 Å². The van der Waals surface area contributed by atoms with Crippen LogP contribution in [-0.4, -0.2) is 6.61 Å². The number of aryl methyl sites for hydroxylation is 1. The standard InChI is InChI=1S/C15H20N2OS/c1-3-8-18-13-6-4-5-12(15(13)16)17-10-14-11(2)7-9-19-14/h4-7,9,17H,3,8,10,16H2,1-2H3. The number of ether oxygens (including phenoxy) is 1. The molecule has 0 aliphatic carbocycles. The van der Waals surface area contributed by atoms with Crippen molar-refractivity contribution in [2.24, 2.45) is 0 Å². The van der Waals surface area contributed by atoms with Crippen molar-refractivity contribution >= 4 is 22.7 Å². The van der Waals surface area contributed by atoms with E-state index < -0.39 is 0 Å². The van der Waals surface area contributed by atoms with Gasteiger partial charge in [0.05, 0.1) is 18.0 Å². The molecule has 0 amide bonds. The zero-order valence-electron chi connectivity index (χ0n) is 11.4. The van der Waals surface area contributed by atoms with Crippen LogP contribution in [0.4, 0.5) is 11.4 Å². The van der Waals surface area contributed by atoms with Crippen LogP contribution in [0, 0.1) is 6.92 Å². The fraction of sp³-hybridized carbons (Fsp3) is 0.333. The van der Waals surface area contributed by atoms with Crippen LogP contribution in [0.5, 0.6) is 5.75 Å². The van der Waals surface area contributed by atoms with Crippen molar-refractivity contribution in [2.45, 2.75) is 26.8 Å². The summed E-state index contributed by atoms with van der Waals surface area (Å²) in [7, 11) is 0. The predicted octanol–water partition coefficient (Wildman–Crippen LogP) is 4.04. The number of anilines is 2. The van der Waals surface area contributed by atoms with Crippen molar-refractivity contribution in [3.8, 4) is 5.75 Å². The molecule has 0 atom stereocenters. The van der Waals surface area contributed by atoms with Crippen molar-refractivity contribution in [2.75, 3.05) is 17.7 Å². The Kier molecular flexibility index (Phi) is 4.68. The molecule has 3 nitrogen and oxygen atoms in total. The van der Waals surface area contributed by atoms with Crippen LogP contribution in [0.15, 0.2) is 29.6 Å². The number of hydrogen-bond donors (Lipinski definition) is 2. The van der Waals surface area contributed by atoms with E-state index in [-0.39, 0.29) is 0 Å². The number of benzene rings is 1. The second kappa shape index (κ2) is 6.48. The highest BCUT2D eigenvalue weighted by atomic mass is 32.1. The topological polar surface area (TPSA) is 47.3 Å². The zero-order chi connectivity index (χ0) is 13.7. The van der Waals surface area contributed by atoms with Crippen LogP contribution < -0.4 is 15.8 Å². The molecule has 4 heteroatoms. The van der Waals surface area contributed by atoms with Gasteiger partial charge in [-0.15, -0.1) is 11.3 Å². The molecule has 0 unspecified atom stereocenters. The van der Waals surface area contributed by atoms with Crippen LogP contribution in [-0.2, 0) is 6.54 Å². The van der Waals surface area contributed by atoms with Gasteiger partial charge in [-0.05, 0) is 42.5 Å². The van der Waals surface area contributed by atoms with E-state index in [9.17, 15) is 0 Å². The molecule has 0 saturated carbocycles. The maximum atomic E-state index is 6.12. The van der Waals surface area contributed by atoms with Gasteiger partial charge in [0.1, 0.15) is 5.75 Å². The summed E-state index contributed by atoms with van der Waals surface area (Å²) in [6.07, 6.45) is 0.978. The average molecular weight is 276 g/mol. The Balaban J connectivity index is 2.06. The van der Waals surface area contributed by atoms with Gasteiger partial charge in [0.25, 0.3) is 0 Å². The minimum atomic E-state index is 0.685. The van der Waals surface area contributed by atoms with E-state index in [4.69, 9.17) is 10.5 Å². The highest BCUT2D eigenvalue weighted by Crippen LogP contribution is 2.30. The summed E-state index contributed by atoms with van der Waals surface area (Å²) in [5.41, 5.74) is 9.05. The third kappa shape index (κ3) is 3.41. The molecule has 2 aromatic rings. The van der Waals surface area contributed by atoms with E-state index in [1.807, 2.05) is 18.2 Å². The summed E-state index contributed by atoms with van der Waals surface area (Å²) < 4.78 is 5.62. The van der Waals surface area contributed by atoms with Crippen molar-refractivity contribution < 1.29 is 4.74 Å². The molecule has 0 fully saturated rings. The molecule has 19 heavy (non-hydrogen) atoms. The van der Waals surface area contributed by atoms with Gasteiger partial charge in [-0.2, -0.15) is 0 Å². The first-order chi connectivity index (χ1) is 9.22. The van der Waals surface area contributed by atoms with Crippen molar-refractivity contribution in [1.29, 1.82) is 0 Å². The van der Waals surface area contributed by atoms with Crippen molar-refractivity contribution in [3.05, 3.63) is 40.1 Å². The fourth-order valence-corrected chi connectivity index (χ4v) is 2.64. The SMILES string of the molecule is CCCOc1cccc(NCc2sccc2C)c1N. The first kappa shape index (κ1) is 13.7. The summed E-state index contributed by atoms with van der Waals surface area (Å²) in [6.45, 7) is 5.69. The maximum absolute atomic E-state index is 6.12. The summed E-state index contributed by atoms with van der Waals surface area (Å²) in [5.74, 6) is 0.759. The van der Waals surface area contributed by atoms with Crippen LogP contribution in [0.1, 0.15) is 23.8 Å². The smallest absolute Gasteiger partial charge is 0.144 e. The molecule has 0 bridgehead atoms. The fourth-order valence-electron chi connectivity index (χ4n) is 1.80. The Morgan fingerprint density at radius 1 is 1.32 bits per heavy atom. The quantitative estimate of drug-likeness (QED) is 0.783. The second-order valence-corrected chi connectivity index (χ2v) is 5.45. The molecule has 102 valence electrons. The predicted molar refractivity (Wildman–Crippen MR) is 83.0 cm³/mol. The molecule has 1 aromatic heterocycles. The molecule has 0 radical (unpaired) electrons. The van der Waals surface area contributed by atoms with Gasteiger partial charge in [-0.1, -0.05) is 13.0 Å². The monoisotopic (exact) mass is 276 g/mol. The molecule has 0 saturated heterocycles. The van der Waals surface area contributed by atoms with Gasteiger partial charge < -0.3 is 15.8 Å². The number of nitrogens with two attached hydrogens (primary N) is 1. The Morgan fingerprint density at radius 2 is 2.16 bits per heavy atom. The van der Waals surface area contributed by atoms with E-state index in [1.165, 1.54) is 10.4 Å². The molecule has 1 heterocycles. The summed E-state index contributed by atoms with van der Waals surface area (Å²) in [5, 5.41) is 5.49. The molecular weight excluding hydrogens is 256 g/mol. The van der Waals surface area contributed by atoms with Gasteiger partial charge >= 0.3 is 0 Å². The molecule has 0 aliphatic heterocycles. The third-order valence-corrected chi connectivity index (χ3v) is 3.96. The number of hydrogen-bond acceptors (Lipinski definition) is 4. The summed E-state index contributed by atoms with van der Waals surface area (Å²) >= 11 is 1.76. The lowest BCUT2D eigenvalue weighted by atomic mass is 10.2. The van der Waals surface area contributed by atoms with Gasteiger partial charge in [-0.3, -0.25) is 0 Å². The number of thiophene rings is 1. The highest BCUT2D eigenvalue weighted by molar-refractivity contribution is 7.10. The Labute approximate surface area is 118 Å². The summed E-state index contributed by atoms with van der Waals surface area (Å²) in [4.78, 5) is 1.33. The van der Waals surface area contributed by atoms with Crippen LogP contribution in [0.3, 0.4) is 0 Å². The van der Waals surface area contributed by atoms with Gasteiger partial charge in [0, 0.05) is 11.4 Å². The van der Waals surface area contributed by atoms with Crippen molar-refractivity contribution in [3.63, 3.8) is 0 Å². The number of para-hydroxylation sites is 1. The first-order valence-corrected chi connectivity index (χ1v) is 7.38. The van der Waals surface area contributed by atoms with Gasteiger partial charge in [0.15, 0.2) is 0 Å². The van der Waals surface area contributed by atoms with E-state index in [0.717, 1.165) is 24.4 Å². The molecule has 2 rings (SSSR count). The number of nitrogen functional groups attached to an aromatic ring is 1. The third-order valence-electron chi connectivity index (χ3n) is 2.94. The van der Waals surface area contributed by atoms with Gasteiger partial charge in [-0.25, -0.2) is 0 Å². The highest BCUT2D eigenvalue weighted by Gasteiger charge is 2.06. The van der Waals surface area contributed by atoms with Crippen LogP contribution in [0.2, 0.25) is 0 Å². The van der Waals surface area contributed by atoms with Crippen molar-refractivity contribution in [1.82, 2.24) is 0 Å². The van der Waals surface area contributed by atoms with Crippen LogP contribution in [0.25, 0.3) is 0 Å². The molecule has 0 spiro atoms. The normalized spacial score (nSPS) is 10.4. The average Bonchev–Trinajstić information content (AvgIpc) is 2.82. The molecular formula is C15H20N2OS. The minimum Gasteiger partial charge on any atom is -0.491 e. The summed E-state index contributed by atoms with van der Waals surface area (Å²) in [6, 6.07) is 7.99. The second-order valence-electron chi connectivity index (χ2n) is 4.45. The number of rotatable bonds is 6. The lowest BCUT2D eigenvalue weighted by molar-refractivity contribution is 0.319. The van der Waals surface area contributed by atoms with Gasteiger partial charge in [0.2, 0.25) is 0 Å². The van der Waals surface area contributed by atoms with Crippen LogP contribution >= 0.6 is 11.3 Å². The molecule has 0 aliphatic rings. The van der Waals surface area contributed by atoms with E-state index in [1.54, 1.807) is 11.3 Å². The zero-order valence-corrected chi connectivity index (χ0v) is 12.2. The molecule has 1 aromatic carbocycles. The maximum Gasteiger partial charge on any atom is 0.144 e. The Bertz CT molecular complexity index is 537. The van der Waals surface area contributed by atoms with E-state index in [0.29, 0.717) is 12.3 Å². The largest absolute Gasteiger partial charge is 0.491 e. The Morgan fingerprint density at radius 3 is 2.84 bits per heavy atom. The minimum absolute atomic E-state index is 0.685. The molecule has 3 N–H and O–H groups in total. The Hall–Kier alpha value is -1.68. The lowest BCUT2D eigenvalue weighted by Crippen LogP contribution is -2.05. The van der Waals surface area contributed by atoms with E-state index >= 15 is 0 Å². The number of nitrogens with one attached hydrogen (secondary N) is 1. The lowest BCUT2D eigenvalue weighted by Gasteiger charge is -2.13.